The highest BCUT2D eigenvalue weighted by Gasteiger charge is 2.32. The molecule has 0 radical (unpaired) electrons. The third-order valence-electron chi connectivity index (χ3n) is 3.31. The highest BCUT2D eigenvalue weighted by atomic mass is 32.2. The number of nitrogens with zero attached hydrogens (tertiary/aromatic N) is 4. The number of aliphatic imine (C=N–C) groups is 1. The molecule has 0 aromatic heterocycles. The molecule has 0 saturated heterocycles. The maximum atomic E-state index is 9.31. The van der Waals surface area contributed by atoms with Crippen molar-refractivity contribution >= 4 is 34.8 Å². The van der Waals surface area contributed by atoms with Crippen LogP contribution in [0.25, 0.3) is 5.57 Å². The van der Waals surface area contributed by atoms with Gasteiger partial charge in [0.25, 0.3) is 0 Å². The van der Waals surface area contributed by atoms with Gasteiger partial charge in [-0.15, -0.1) is 23.5 Å². The molecule has 0 amide bonds. The molecular weight excluding hydrogens is 312 g/mol. The Morgan fingerprint density at radius 1 is 0.955 bits per heavy atom. The average Bonchev–Trinajstić information content (AvgIpc) is 2.58. The first-order valence-corrected chi connectivity index (χ1v) is 8.40. The molecule has 104 valence electrons. The molecule has 2 aliphatic rings. The van der Waals surface area contributed by atoms with Crippen molar-refractivity contribution in [2.75, 3.05) is 11.5 Å². The van der Waals surface area contributed by atoms with Gasteiger partial charge >= 0.3 is 0 Å². The van der Waals surface area contributed by atoms with E-state index in [1.54, 1.807) is 23.5 Å². The molecule has 0 bridgehead atoms. The van der Waals surface area contributed by atoms with Gasteiger partial charge < -0.3 is 0 Å². The van der Waals surface area contributed by atoms with E-state index < -0.39 is 0 Å². The summed E-state index contributed by atoms with van der Waals surface area (Å²) in [7, 11) is 0. The number of fused-ring (bicyclic) bond motifs is 1. The molecule has 1 aliphatic carbocycles. The monoisotopic (exact) mass is 320 g/mol. The molecule has 1 aromatic rings. The van der Waals surface area contributed by atoms with Crippen LogP contribution in [0.1, 0.15) is 11.1 Å². The van der Waals surface area contributed by atoms with Gasteiger partial charge in [-0.1, -0.05) is 24.3 Å². The molecule has 0 atom stereocenters. The van der Waals surface area contributed by atoms with Crippen molar-refractivity contribution < 1.29 is 0 Å². The largest absolute Gasteiger partial charge is 0.206 e. The summed E-state index contributed by atoms with van der Waals surface area (Å²) in [6.07, 6.45) is 1.87. The zero-order chi connectivity index (χ0) is 15.5. The van der Waals surface area contributed by atoms with Gasteiger partial charge in [-0.2, -0.15) is 20.8 Å². The number of hydrogen-bond donors (Lipinski definition) is 0. The van der Waals surface area contributed by atoms with Gasteiger partial charge in [-0.05, 0) is 5.56 Å². The second-order valence-corrected chi connectivity index (χ2v) is 6.65. The van der Waals surface area contributed by atoms with Gasteiger partial charge in [-0.25, -0.2) is 0 Å². The van der Waals surface area contributed by atoms with Gasteiger partial charge in [-0.3, -0.25) is 0 Å². The van der Waals surface area contributed by atoms with Crippen molar-refractivity contribution in [2.24, 2.45) is 4.99 Å². The second kappa shape index (κ2) is 6.12. The Balaban J connectivity index is 2.42. The molecule has 6 heteroatoms. The zero-order valence-corrected chi connectivity index (χ0v) is 13.0. The smallest absolute Gasteiger partial charge is 0.192 e. The maximum Gasteiger partial charge on any atom is 0.206 e. The Morgan fingerprint density at radius 2 is 1.59 bits per heavy atom. The maximum absolute atomic E-state index is 9.31. The Hall–Kier alpha value is -2.46. The Labute approximate surface area is 136 Å². The standard InChI is InChI=1S/C16H8N4S2/c17-7-10(8-18)13-11-3-1-2-4-12(11)14(20-9-19)16-15(13)21-5-6-22-16/h1-4H,5-6H2. The summed E-state index contributed by atoms with van der Waals surface area (Å²) in [4.78, 5) is 5.78. The predicted molar refractivity (Wildman–Crippen MR) is 88.7 cm³/mol. The first-order valence-electron chi connectivity index (χ1n) is 6.43. The van der Waals surface area contributed by atoms with E-state index in [4.69, 9.17) is 5.26 Å². The normalized spacial score (nSPS) is 17.9. The summed E-state index contributed by atoms with van der Waals surface area (Å²) >= 11 is 3.24. The van der Waals surface area contributed by atoms with Crippen LogP contribution in [0, 0.1) is 34.1 Å². The number of benzene rings is 1. The highest BCUT2D eigenvalue weighted by Crippen LogP contribution is 2.49. The molecule has 0 spiro atoms. The van der Waals surface area contributed by atoms with Crippen LogP contribution in [0.4, 0.5) is 0 Å². The predicted octanol–water partition coefficient (Wildman–Crippen LogP) is 3.46. The van der Waals surface area contributed by atoms with E-state index in [1.165, 1.54) is 0 Å². The Morgan fingerprint density at radius 3 is 2.23 bits per heavy atom. The summed E-state index contributed by atoms with van der Waals surface area (Å²) in [6.45, 7) is 0. The van der Waals surface area contributed by atoms with Crippen LogP contribution in [-0.2, 0) is 0 Å². The third-order valence-corrected chi connectivity index (χ3v) is 5.90. The zero-order valence-electron chi connectivity index (χ0n) is 11.3. The topological polar surface area (TPSA) is 83.7 Å². The number of rotatable bonds is 0. The molecule has 1 aromatic carbocycles. The molecule has 22 heavy (non-hydrogen) atoms. The van der Waals surface area contributed by atoms with Crippen LogP contribution in [-0.4, -0.2) is 17.2 Å². The summed E-state index contributed by atoms with van der Waals surface area (Å²) in [5, 5.41) is 27.6. The van der Waals surface area contributed by atoms with Crippen molar-refractivity contribution in [3.05, 3.63) is 50.8 Å². The van der Waals surface area contributed by atoms with Crippen molar-refractivity contribution in [3.8, 4) is 18.3 Å². The van der Waals surface area contributed by atoms with Gasteiger partial charge in [0, 0.05) is 32.5 Å². The molecule has 1 heterocycles. The fourth-order valence-corrected chi connectivity index (χ4v) is 5.02. The number of hydrogen-bond acceptors (Lipinski definition) is 6. The van der Waals surface area contributed by atoms with Gasteiger partial charge in [0.1, 0.15) is 17.7 Å². The summed E-state index contributed by atoms with van der Waals surface area (Å²) in [6, 6.07) is 11.5. The first-order chi connectivity index (χ1) is 10.8. The fraction of sp³-hybridized carbons (Fsp3) is 0.125. The van der Waals surface area contributed by atoms with Crippen molar-refractivity contribution in [3.63, 3.8) is 0 Å². The van der Waals surface area contributed by atoms with E-state index in [0.717, 1.165) is 32.4 Å². The minimum atomic E-state index is 0.103. The van der Waals surface area contributed by atoms with E-state index in [-0.39, 0.29) is 5.57 Å². The summed E-state index contributed by atoms with van der Waals surface area (Å²) in [5.41, 5.74) is 3.01. The van der Waals surface area contributed by atoms with Crippen LogP contribution in [0.3, 0.4) is 0 Å². The second-order valence-electron chi connectivity index (χ2n) is 4.43. The molecule has 0 fully saturated rings. The lowest BCUT2D eigenvalue weighted by Crippen LogP contribution is -2.18. The van der Waals surface area contributed by atoms with E-state index >= 15 is 0 Å². The first kappa shape index (κ1) is 14.5. The van der Waals surface area contributed by atoms with Crippen molar-refractivity contribution in [1.29, 1.82) is 15.8 Å². The van der Waals surface area contributed by atoms with Crippen LogP contribution in [0.15, 0.2) is 44.6 Å². The van der Waals surface area contributed by atoms with Crippen LogP contribution in [0.2, 0.25) is 0 Å². The van der Waals surface area contributed by atoms with E-state index in [9.17, 15) is 10.5 Å². The van der Waals surface area contributed by atoms with Gasteiger partial charge in [0.2, 0.25) is 6.19 Å². The van der Waals surface area contributed by atoms with Gasteiger partial charge in [0.05, 0.1) is 5.71 Å². The highest BCUT2D eigenvalue weighted by molar-refractivity contribution is 8.11. The quantitative estimate of drug-likeness (QED) is 0.540. The summed E-state index contributed by atoms with van der Waals surface area (Å²) < 4.78 is 0. The Bertz CT molecular complexity index is 857. The molecule has 0 N–H and O–H groups in total. The molecule has 3 rings (SSSR count). The lowest BCUT2D eigenvalue weighted by molar-refractivity contribution is 1.40. The molecule has 0 unspecified atom stereocenters. The van der Waals surface area contributed by atoms with Crippen molar-refractivity contribution in [1.82, 2.24) is 0 Å². The SMILES string of the molecule is N#CN=C1C2=C(SCCS2)C(=C(C#N)C#N)c2ccccc21. The molecule has 0 saturated carbocycles. The van der Waals surface area contributed by atoms with Crippen molar-refractivity contribution in [2.45, 2.75) is 0 Å². The average molecular weight is 320 g/mol. The van der Waals surface area contributed by atoms with Gasteiger partial charge in [0.15, 0.2) is 0 Å². The number of allylic oxidation sites excluding steroid dienone is 3. The molecule has 4 nitrogen and oxygen atoms in total. The minimum Gasteiger partial charge on any atom is -0.192 e. The lowest BCUT2D eigenvalue weighted by atomic mass is 9.88. The van der Waals surface area contributed by atoms with E-state index in [1.807, 2.05) is 42.6 Å². The van der Waals surface area contributed by atoms with E-state index in [2.05, 4.69) is 4.99 Å². The molecular formula is C16H8N4S2. The number of nitriles is 3. The lowest BCUT2D eigenvalue weighted by Gasteiger charge is -2.28. The van der Waals surface area contributed by atoms with Crippen LogP contribution < -0.4 is 0 Å². The fourth-order valence-electron chi connectivity index (χ4n) is 2.48. The van der Waals surface area contributed by atoms with Crippen LogP contribution in [0.5, 0.6) is 0 Å². The minimum absolute atomic E-state index is 0.103. The third kappa shape index (κ3) is 2.22. The Kier molecular flexibility index (Phi) is 4.02. The number of thioether (sulfide) groups is 2. The van der Waals surface area contributed by atoms with Crippen LogP contribution >= 0.6 is 23.5 Å². The summed E-state index contributed by atoms with van der Waals surface area (Å²) in [5.74, 6) is 1.82. The van der Waals surface area contributed by atoms with E-state index in [0.29, 0.717) is 11.3 Å². The molecule has 1 aliphatic heterocycles.